The fourth-order valence-electron chi connectivity index (χ4n) is 2.87. The second-order valence-electron chi connectivity index (χ2n) is 6.61. The summed E-state index contributed by atoms with van der Waals surface area (Å²) in [6, 6.07) is 11.2. The van der Waals surface area contributed by atoms with Gasteiger partial charge in [0.25, 0.3) is 5.91 Å². The van der Waals surface area contributed by atoms with Crippen LogP contribution in [-0.4, -0.2) is 36.7 Å². The van der Waals surface area contributed by atoms with Crippen LogP contribution in [0.3, 0.4) is 0 Å². The van der Waals surface area contributed by atoms with Crippen molar-refractivity contribution < 1.29 is 23.9 Å². The Kier molecular flexibility index (Phi) is 6.29. The molecule has 0 bridgehead atoms. The van der Waals surface area contributed by atoms with Gasteiger partial charge in [-0.15, -0.1) is 0 Å². The fraction of sp³-hybridized carbons (Fsp3) is 0.238. The van der Waals surface area contributed by atoms with Crippen molar-refractivity contribution in [2.24, 2.45) is 0 Å². The first-order valence-electron chi connectivity index (χ1n) is 9.02. The zero-order valence-electron chi connectivity index (χ0n) is 15.7. The lowest BCUT2D eigenvalue weighted by Gasteiger charge is -2.08. The van der Waals surface area contributed by atoms with Gasteiger partial charge in [0.15, 0.2) is 12.4 Å². The number of carbonyl (C=O) groups is 4. The van der Waals surface area contributed by atoms with Gasteiger partial charge in [-0.05, 0) is 55.0 Å². The van der Waals surface area contributed by atoms with Gasteiger partial charge in [-0.3, -0.25) is 19.2 Å². The van der Waals surface area contributed by atoms with Crippen molar-refractivity contribution in [3.8, 4) is 0 Å². The number of esters is 1. The molecule has 0 radical (unpaired) electrons. The van der Waals surface area contributed by atoms with E-state index in [2.05, 4.69) is 10.6 Å². The number of hydrogen-bond donors (Lipinski definition) is 2. The number of ketones is 1. The number of rotatable bonds is 7. The lowest BCUT2D eigenvalue weighted by molar-refractivity contribution is -0.142. The number of ether oxygens (including phenoxy) is 1. The number of hydrogen-bond acceptors (Lipinski definition) is 5. The summed E-state index contributed by atoms with van der Waals surface area (Å²) in [5.74, 6) is -1.73. The number of nitrogens with one attached hydrogen (secondary N) is 2. The molecule has 29 heavy (non-hydrogen) atoms. The third kappa shape index (κ3) is 5.00. The molecule has 1 aliphatic rings. The summed E-state index contributed by atoms with van der Waals surface area (Å²) in [6.45, 7) is 1.44. The Morgan fingerprint density at radius 1 is 1.10 bits per heavy atom. The molecule has 0 aromatic heterocycles. The number of benzene rings is 2. The molecule has 0 saturated carbocycles. The number of carbonyl (C=O) groups excluding carboxylic acids is 4. The molecule has 0 aliphatic carbocycles. The smallest absolute Gasteiger partial charge is 0.308 e. The lowest BCUT2D eigenvalue weighted by Crippen LogP contribution is -2.27. The van der Waals surface area contributed by atoms with Crippen LogP contribution in [0.25, 0.3) is 0 Å². The monoisotopic (exact) mass is 414 g/mol. The summed E-state index contributed by atoms with van der Waals surface area (Å²) < 4.78 is 4.99. The van der Waals surface area contributed by atoms with Crippen LogP contribution < -0.4 is 10.6 Å². The topological polar surface area (TPSA) is 102 Å². The number of fused-ring (bicyclic) bond motifs is 1. The maximum absolute atomic E-state index is 12.3. The van der Waals surface area contributed by atoms with Crippen LogP contribution in [0.2, 0.25) is 5.02 Å². The van der Waals surface area contributed by atoms with E-state index in [0.29, 0.717) is 21.8 Å². The van der Waals surface area contributed by atoms with Crippen LogP contribution in [0.1, 0.15) is 45.5 Å². The third-order valence-electron chi connectivity index (χ3n) is 4.58. The minimum Gasteiger partial charge on any atom is -0.457 e. The summed E-state index contributed by atoms with van der Waals surface area (Å²) in [5, 5.41) is 5.86. The van der Waals surface area contributed by atoms with Gasteiger partial charge < -0.3 is 15.4 Å². The molecule has 150 valence electrons. The number of anilines is 1. The highest BCUT2D eigenvalue weighted by Gasteiger charge is 2.27. The highest BCUT2D eigenvalue weighted by atomic mass is 35.5. The molecule has 0 spiro atoms. The summed E-state index contributed by atoms with van der Waals surface area (Å²) in [6.07, 6.45) is -0.0632. The van der Waals surface area contributed by atoms with E-state index in [9.17, 15) is 19.2 Å². The van der Waals surface area contributed by atoms with Crippen LogP contribution >= 0.6 is 11.6 Å². The van der Waals surface area contributed by atoms with Gasteiger partial charge in [-0.2, -0.15) is 0 Å². The molecule has 7 nitrogen and oxygen atoms in total. The Balaban J connectivity index is 1.44. The number of amides is 2. The molecule has 0 unspecified atom stereocenters. The van der Waals surface area contributed by atoms with Gasteiger partial charge in [0.2, 0.25) is 5.91 Å². The highest BCUT2D eigenvalue weighted by molar-refractivity contribution is 6.30. The van der Waals surface area contributed by atoms with Gasteiger partial charge in [0.05, 0.1) is 12.3 Å². The molecule has 1 atom stereocenters. The van der Waals surface area contributed by atoms with Gasteiger partial charge in [-0.25, -0.2) is 0 Å². The average molecular weight is 415 g/mol. The van der Waals surface area contributed by atoms with Crippen molar-refractivity contribution >= 4 is 40.9 Å². The number of halogens is 1. The standard InChI is InChI=1S/C21H19ClN2O5/c1-12-16-10-14(4-7-17(16)24-20(12)27)18(25)11-29-19(26)8-9-23-21(28)13-2-5-15(22)6-3-13/h2-7,10,12H,8-9,11H2,1H3,(H,23,28)(H,24,27)/t12-/m1/s1. The Labute approximate surface area is 172 Å². The normalized spacial score (nSPS) is 14.7. The molecule has 8 heteroatoms. The van der Waals surface area contributed by atoms with Crippen molar-refractivity contribution in [3.05, 3.63) is 64.2 Å². The molecule has 1 heterocycles. The van der Waals surface area contributed by atoms with E-state index in [-0.39, 0.29) is 36.5 Å². The van der Waals surface area contributed by atoms with Crippen molar-refractivity contribution in [1.82, 2.24) is 5.32 Å². The Morgan fingerprint density at radius 3 is 2.52 bits per heavy atom. The third-order valence-corrected chi connectivity index (χ3v) is 4.83. The van der Waals surface area contributed by atoms with E-state index in [1.54, 1.807) is 49.4 Å². The second-order valence-corrected chi connectivity index (χ2v) is 7.05. The molecule has 2 amide bonds. The Bertz CT molecular complexity index is 972. The molecule has 2 aromatic carbocycles. The maximum Gasteiger partial charge on any atom is 0.308 e. The first kappa shape index (κ1) is 20.5. The molecule has 2 aromatic rings. The predicted molar refractivity (Wildman–Crippen MR) is 107 cm³/mol. The quantitative estimate of drug-likeness (QED) is 0.535. The van der Waals surface area contributed by atoms with E-state index < -0.39 is 12.6 Å². The molecule has 0 fully saturated rings. The molecule has 3 rings (SSSR count). The molecule has 0 saturated heterocycles. The summed E-state index contributed by atoms with van der Waals surface area (Å²) in [5.41, 5.74) is 2.23. The van der Waals surface area contributed by atoms with Crippen LogP contribution in [-0.2, 0) is 14.3 Å². The van der Waals surface area contributed by atoms with Gasteiger partial charge >= 0.3 is 5.97 Å². The van der Waals surface area contributed by atoms with Crippen molar-refractivity contribution in [3.63, 3.8) is 0 Å². The minimum absolute atomic E-state index is 0.0632. The zero-order valence-corrected chi connectivity index (χ0v) is 16.4. The lowest BCUT2D eigenvalue weighted by atomic mass is 9.99. The van der Waals surface area contributed by atoms with Gasteiger partial charge in [0, 0.05) is 28.4 Å². The average Bonchev–Trinajstić information content (AvgIpc) is 3.00. The SMILES string of the molecule is C[C@H]1C(=O)Nc2ccc(C(=O)COC(=O)CCNC(=O)c3ccc(Cl)cc3)cc21. The molecular formula is C21H19ClN2O5. The minimum atomic E-state index is -0.596. The summed E-state index contributed by atoms with van der Waals surface area (Å²) >= 11 is 5.77. The number of Topliss-reactive ketones (excluding diaryl/α,β-unsaturated/α-hetero) is 1. The van der Waals surface area contributed by atoms with Gasteiger partial charge in [-0.1, -0.05) is 11.6 Å². The highest BCUT2D eigenvalue weighted by Crippen LogP contribution is 2.32. The maximum atomic E-state index is 12.3. The van der Waals surface area contributed by atoms with E-state index in [1.807, 2.05) is 0 Å². The van der Waals surface area contributed by atoms with E-state index in [1.165, 1.54) is 0 Å². The van der Waals surface area contributed by atoms with E-state index >= 15 is 0 Å². The first-order valence-corrected chi connectivity index (χ1v) is 9.40. The first-order chi connectivity index (χ1) is 13.8. The van der Waals surface area contributed by atoms with E-state index in [4.69, 9.17) is 16.3 Å². The van der Waals surface area contributed by atoms with Crippen LogP contribution in [0, 0.1) is 0 Å². The molecule has 1 aliphatic heterocycles. The Morgan fingerprint density at radius 2 is 1.79 bits per heavy atom. The summed E-state index contributed by atoms with van der Waals surface area (Å²) in [7, 11) is 0. The van der Waals surface area contributed by atoms with Crippen molar-refractivity contribution in [1.29, 1.82) is 0 Å². The second kappa shape index (κ2) is 8.87. The largest absolute Gasteiger partial charge is 0.457 e. The van der Waals surface area contributed by atoms with Crippen molar-refractivity contribution in [2.75, 3.05) is 18.5 Å². The predicted octanol–water partition coefficient (Wildman–Crippen LogP) is 2.94. The summed E-state index contributed by atoms with van der Waals surface area (Å²) in [4.78, 5) is 47.7. The van der Waals surface area contributed by atoms with Gasteiger partial charge in [0.1, 0.15) is 0 Å². The van der Waals surface area contributed by atoms with Crippen LogP contribution in [0.15, 0.2) is 42.5 Å². The molecule has 2 N–H and O–H groups in total. The van der Waals surface area contributed by atoms with E-state index in [0.717, 1.165) is 5.56 Å². The Hall–Kier alpha value is -3.19. The van der Waals surface area contributed by atoms with Crippen molar-refractivity contribution in [2.45, 2.75) is 19.3 Å². The van der Waals surface area contributed by atoms with Crippen LogP contribution in [0.5, 0.6) is 0 Å². The van der Waals surface area contributed by atoms with Crippen LogP contribution in [0.4, 0.5) is 5.69 Å². The fourth-order valence-corrected chi connectivity index (χ4v) is 3.00. The molecular weight excluding hydrogens is 396 g/mol. The zero-order chi connectivity index (χ0) is 21.0.